The molecule has 33 heavy (non-hydrogen) atoms. The van der Waals surface area contributed by atoms with Gasteiger partial charge >= 0.3 is 18.1 Å². The van der Waals surface area contributed by atoms with Gasteiger partial charge in [-0.2, -0.15) is 0 Å². The van der Waals surface area contributed by atoms with Crippen LogP contribution in [0.4, 0.5) is 9.59 Å². The third kappa shape index (κ3) is 7.17. The summed E-state index contributed by atoms with van der Waals surface area (Å²) in [6.45, 7) is -0.281. The van der Waals surface area contributed by atoms with Gasteiger partial charge in [-0.15, -0.1) is 0 Å². The van der Waals surface area contributed by atoms with Crippen molar-refractivity contribution in [3.05, 3.63) is 83.4 Å². The molecule has 10 heteroatoms. The lowest BCUT2D eigenvalue weighted by atomic mass is 10.1. The van der Waals surface area contributed by atoms with Crippen molar-refractivity contribution < 1.29 is 33.4 Å². The first kappa shape index (κ1) is 22.9. The highest BCUT2D eigenvalue weighted by atomic mass is 16.6. The van der Waals surface area contributed by atoms with Crippen LogP contribution in [0, 0.1) is 0 Å². The van der Waals surface area contributed by atoms with Crippen molar-refractivity contribution >= 4 is 36.0 Å². The number of rotatable bonds is 7. The predicted octanol–water partition coefficient (Wildman–Crippen LogP) is 1.82. The van der Waals surface area contributed by atoms with E-state index in [1.165, 1.54) is 24.3 Å². The molecule has 0 spiro atoms. The fraction of sp³-hybridized carbons (Fsp3) is 0.0870. The van der Waals surface area contributed by atoms with Crippen LogP contribution in [0.5, 0.6) is 5.75 Å². The van der Waals surface area contributed by atoms with Crippen LogP contribution in [0.2, 0.25) is 0 Å². The fourth-order valence-electron chi connectivity index (χ4n) is 2.62. The first-order valence-corrected chi connectivity index (χ1v) is 9.71. The molecule has 1 saturated heterocycles. The van der Waals surface area contributed by atoms with E-state index < -0.39 is 29.9 Å². The summed E-state index contributed by atoms with van der Waals surface area (Å²) < 4.78 is 10.1. The van der Waals surface area contributed by atoms with Crippen LogP contribution in [0.1, 0.15) is 11.1 Å². The number of barbiturate groups is 1. The maximum atomic E-state index is 11.9. The van der Waals surface area contributed by atoms with Crippen molar-refractivity contribution in [2.75, 3.05) is 6.54 Å². The third-order valence-electron chi connectivity index (χ3n) is 4.20. The van der Waals surface area contributed by atoms with E-state index in [0.717, 1.165) is 5.56 Å². The summed E-state index contributed by atoms with van der Waals surface area (Å²) >= 11 is 0. The van der Waals surface area contributed by atoms with E-state index in [9.17, 15) is 24.0 Å². The summed E-state index contributed by atoms with van der Waals surface area (Å²) in [5.41, 5.74) is 1.31. The van der Waals surface area contributed by atoms with E-state index >= 15 is 0 Å². The summed E-state index contributed by atoms with van der Waals surface area (Å²) in [6.07, 6.45) is 3.61. The lowest BCUT2D eigenvalue weighted by molar-refractivity contribution is -0.133. The standard InChI is InChI=1S/C23H19N3O7/c27-19(13-24-23(31)32-14-16-5-2-1-3-6-16)33-17-11-9-15(10-12-17)7-4-8-18-20(28)25-22(30)26-21(18)29/h1-12H,13-14H2,(H,24,31)(H2,25,26,28,29,30)/b7-4+. The second-order valence-electron chi connectivity index (χ2n) is 6.64. The molecule has 3 N–H and O–H groups in total. The lowest BCUT2D eigenvalue weighted by Gasteiger charge is -2.12. The first-order valence-electron chi connectivity index (χ1n) is 9.71. The highest BCUT2D eigenvalue weighted by Gasteiger charge is 2.26. The van der Waals surface area contributed by atoms with Crippen LogP contribution in [0.15, 0.2) is 72.3 Å². The monoisotopic (exact) mass is 449 g/mol. The van der Waals surface area contributed by atoms with Crippen molar-refractivity contribution in [2.24, 2.45) is 0 Å². The Bertz CT molecular complexity index is 1100. The first-order chi connectivity index (χ1) is 15.9. The summed E-state index contributed by atoms with van der Waals surface area (Å²) in [7, 11) is 0. The summed E-state index contributed by atoms with van der Waals surface area (Å²) in [6, 6.07) is 14.6. The maximum absolute atomic E-state index is 11.9. The highest BCUT2D eigenvalue weighted by molar-refractivity contribution is 6.29. The van der Waals surface area contributed by atoms with Crippen LogP contribution < -0.4 is 20.7 Å². The van der Waals surface area contributed by atoms with Gasteiger partial charge in [-0.25, -0.2) is 14.4 Å². The number of alkyl carbamates (subject to hydrolysis) is 1. The minimum Gasteiger partial charge on any atom is -0.445 e. The molecule has 10 nitrogen and oxygen atoms in total. The van der Waals surface area contributed by atoms with Crippen molar-refractivity contribution in [3.63, 3.8) is 0 Å². The van der Waals surface area contributed by atoms with Crippen LogP contribution in [-0.2, 0) is 25.7 Å². The number of hydrogen-bond donors (Lipinski definition) is 3. The molecule has 0 unspecified atom stereocenters. The lowest BCUT2D eigenvalue weighted by Crippen LogP contribution is -2.51. The smallest absolute Gasteiger partial charge is 0.407 e. The Morgan fingerprint density at radius 1 is 0.909 bits per heavy atom. The summed E-state index contributed by atoms with van der Waals surface area (Å²) in [5.74, 6) is -1.98. The number of nitrogens with one attached hydrogen (secondary N) is 3. The largest absolute Gasteiger partial charge is 0.445 e. The van der Waals surface area contributed by atoms with Gasteiger partial charge in [0.05, 0.1) is 0 Å². The number of urea groups is 1. The third-order valence-corrected chi connectivity index (χ3v) is 4.20. The number of ether oxygens (including phenoxy) is 2. The zero-order valence-electron chi connectivity index (χ0n) is 17.2. The summed E-state index contributed by atoms with van der Waals surface area (Å²) in [5, 5.41) is 6.26. The van der Waals surface area contributed by atoms with Crippen LogP contribution in [0.3, 0.4) is 0 Å². The average Bonchev–Trinajstić information content (AvgIpc) is 2.80. The molecule has 2 aromatic carbocycles. The van der Waals surface area contributed by atoms with Gasteiger partial charge in [0.1, 0.15) is 24.5 Å². The molecule has 0 saturated carbocycles. The Morgan fingerprint density at radius 3 is 2.24 bits per heavy atom. The van der Waals surface area contributed by atoms with Crippen LogP contribution >= 0.6 is 0 Å². The number of carbonyl (C=O) groups excluding carboxylic acids is 5. The number of benzene rings is 2. The predicted molar refractivity (Wildman–Crippen MR) is 116 cm³/mol. The van der Waals surface area contributed by atoms with E-state index in [2.05, 4.69) is 5.32 Å². The van der Waals surface area contributed by atoms with Crippen molar-refractivity contribution in [1.82, 2.24) is 16.0 Å². The van der Waals surface area contributed by atoms with Gasteiger partial charge < -0.3 is 14.8 Å². The molecule has 1 aliphatic rings. The topological polar surface area (TPSA) is 140 Å². The minimum absolute atomic E-state index is 0.0842. The Labute approximate surface area is 188 Å². The highest BCUT2D eigenvalue weighted by Crippen LogP contribution is 2.14. The van der Waals surface area contributed by atoms with E-state index in [-0.39, 0.29) is 24.5 Å². The van der Waals surface area contributed by atoms with Gasteiger partial charge in [-0.1, -0.05) is 54.6 Å². The molecular formula is C23H19N3O7. The molecule has 0 aliphatic carbocycles. The summed E-state index contributed by atoms with van der Waals surface area (Å²) in [4.78, 5) is 57.8. The van der Waals surface area contributed by atoms with E-state index in [4.69, 9.17) is 9.47 Å². The van der Waals surface area contributed by atoms with E-state index in [1.807, 2.05) is 41.0 Å². The fourth-order valence-corrected chi connectivity index (χ4v) is 2.62. The second-order valence-corrected chi connectivity index (χ2v) is 6.64. The van der Waals surface area contributed by atoms with E-state index in [0.29, 0.717) is 5.56 Å². The van der Waals surface area contributed by atoms with Crippen molar-refractivity contribution in [1.29, 1.82) is 0 Å². The van der Waals surface area contributed by atoms with Crippen molar-refractivity contribution in [2.45, 2.75) is 6.61 Å². The second kappa shape index (κ2) is 11.0. The molecule has 3 rings (SSSR count). The number of amides is 5. The van der Waals surface area contributed by atoms with Crippen molar-refractivity contribution in [3.8, 4) is 5.75 Å². The maximum Gasteiger partial charge on any atom is 0.407 e. The molecule has 1 aliphatic heterocycles. The Morgan fingerprint density at radius 2 is 1.58 bits per heavy atom. The molecule has 168 valence electrons. The molecule has 0 atom stereocenters. The SMILES string of the molecule is O=C1NC(=O)C(=C/C=C/c2ccc(OC(=O)CNC(=O)OCc3ccccc3)cc2)C(=O)N1. The molecule has 1 heterocycles. The number of imide groups is 2. The normalized spacial score (nSPS) is 13.2. The number of allylic oxidation sites excluding steroid dienone is 2. The number of esters is 1. The van der Waals surface area contributed by atoms with E-state index in [1.54, 1.807) is 18.2 Å². The van der Waals surface area contributed by atoms with Gasteiger partial charge in [-0.05, 0) is 29.3 Å². The number of hydrogen-bond acceptors (Lipinski definition) is 7. The van der Waals surface area contributed by atoms with Gasteiger partial charge in [0.15, 0.2) is 0 Å². The molecule has 0 bridgehead atoms. The Balaban J connectivity index is 1.43. The zero-order valence-corrected chi connectivity index (χ0v) is 17.2. The van der Waals surface area contributed by atoms with Gasteiger partial charge in [-0.3, -0.25) is 20.2 Å². The molecule has 0 aromatic heterocycles. The number of carbonyl (C=O) groups is 5. The molecular weight excluding hydrogens is 430 g/mol. The molecule has 2 aromatic rings. The Kier molecular flexibility index (Phi) is 7.68. The van der Waals surface area contributed by atoms with Gasteiger partial charge in [0.25, 0.3) is 11.8 Å². The average molecular weight is 449 g/mol. The van der Waals surface area contributed by atoms with Gasteiger partial charge in [0.2, 0.25) is 0 Å². The van der Waals surface area contributed by atoms with Crippen LogP contribution in [0.25, 0.3) is 6.08 Å². The molecule has 5 amide bonds. The minimum atomic E-state index is -0.865. The van der Waals surface area contributed by atoms with Crippen LogP contribution in [-0.4, -0.2) is 36.5 Å². The Hall–Kier alpha value is -4.73. The molecule has 0 radical (unpaired) electrons. The quantitative estimate of drug-likeness (QED) is 0.254. The zero-order chi connectivity index (χ0) is 23.6. The van der Waals surface area contributed by atoms with Gasteiger partial charge in [0, 0.05) is 0 Å². The molecule has 1 fully saturated rings.